The van der Waals surface area contributed by atoms with E-state index in [1.165, 1.54) is 100 Å². The molecule has 0 aliphatic heterocycles. The first-order chi connectivity index (χ1) is 29.1. The minimum atomic E-state index is -0.435. The lowest BCUT2D eigenvalue weighted by Crippen LogP contribution is -2.26. The van der Waals surface area contributed by atoms with Gasteiger partial charge in [0.2, 0.25) is 0 Å². The summed E-state index contributed by atoms with van der Waals surface area (Å²) in [7, 11) is 0. The first kappa shape index (κ1) is 33.9. The van der Waals surface area contributed by atoms with Crippen LogP contribution in [0.5, 0.6) is 0 Å². The van der Waals surface area contributed by atoms with E-state index in [4.69, 9.17) is 0 Å². The van der Waals surface area contributed by atoms with Crippen LogP contribution in [-0.4, -0.2) is 0 Å². The van der Waals surface area contributed by atoms with Crippen LogP contribution in [0.15, 0.2) is 212 Å². The van der Waals surface area contributed by atoms with E-state index in [1.807, 2.05) is 0 Å². The predicted octanol–water partition coefficient (Wildman–Crippen LogP) is 15.1. The fourth-order valence-corrected chi connectivity index (χ4v) is 11.1. The average Bonchev–Trinajstić information content (AvgIpc) is 3.87. The molecular weight excluding hydrogens is 711 g/mol. The second kappa shape index (κ2) is 12.6. The number of benzene rings is 9. The summed E-state index contributed by atoms with van der Waals surface area (Å²) in [6.45, 7) is 4.81. The van der Waals surface area contributed by atoms with Crippen molar-refractivity contribution < 1.29 is 0 Å². The van der Waals surface area contributed by atoms with E-state index in [0.29, 0.717) is 0 Å². The summed E-state index contributed by atoms with van der Waals surface area (Å²) in [5.74, 6) is 0. The lowest BCUT2D eigenvalue weighted by molar-refractivity contribution is 0.662. The lowest BCUT2D eigenvalue weighted by Gasteiger charge is -2.32. The minimum Gasteiger partial charge on any atom is -0.309 e. The van der Waals surface area contributed by atoms with Gasteiger partial charge in [-0.2, -0.15) is 0 Å². The maximum absolute atomic E-state index is 2.56. The van der Waals surface area contributed by atoms with Crippen LogP contribution in [0, 0.1) is 0 Å². The molecule has 0 saturated heterocycles. The van der Waals surface area contributed by atoms with Crippen molar-refractivity contribution in [2.75, 3.05) is 4.90 Å². The van der Waals surface area contributed by atoms with Crippen molar-refractivity contribution in [1.82, 2.24) is 0 Å². The van der Waals surface area contributed by atoms with Gasteiger partial charge in [-0.1, -0.05) is 202 Å². The van der Waals surface area contributed by atoms with E-state index in [9.17, 15) is 0 Å². The summed E-state index contributed by atoms with van der Waals surface area (Å²) in [6, 6.07) is 79.1. The molecule has 0 bridgehead atoms. The Morgan fingerprint density at radius 3 is 1.36 bits per heavy atom. The van der Waals surface area contributed by atoms with Crippen LogP contribution in [0.25, 0.3) is 55.6 Å². The van der Waals surface area contributed by atoms with Crippen LogP contribution in [0.2, 0.25) is 0 Å². The van der Waals surface area contributed by atoms with E-state index in [2.05, 4.69) is 231 Å². The highest BCUT2D eigenvalue weighted by atomic mass is 15.1. The molecule has 0 atom stereocenters. The molecule has 0 saturated carbocycles. The quantitative estimate of drug-likeness (QED) is 0.169. The van der Waals surface area contributed by atoms with Gasteiger partial charge in [-0.15, -0.1) is 0 Å². The Kier molecular flexibility index (Phi) is 7.26. The monoisotopic (exact) mass is 751 g/mol. The molecule has 3 aliphatic rings. The number of hydrogen-bond donors (Lipinski definition) is 0. The van der Waals surface area contributed by atoms with Gasteiger partial charge in [-0.05, 0) is 102 Å². The van der Waals surface area contributed by atoms with E-state index < -0.39 is 5.41 Å². The van der Waals surface area contributed by atoms with Crippen molar-refractivity contribution in [3.05, 3.63) is 246 Å². The molecule has 0 amide bonds. The zero-order chi connectivity index (χ0) is 39.3. The summed E-state index contributed by atoms with van der Waals surface area (Å²) in [5.41, 5.74) is 23.7. The van der Waals surface area contributed by atoms with Gasteiger partial charge in [-0.3, -0.25) is 0 Å². The molecule has 0 unspecified atom stereocenters. The van der Waals surface area contributed by atoms with Gasteiger partial charge in [-0.25, -0.2) is 0 Å². The van der Waals surface area contributed by atoms with E-state index >= 15 is 0 Å². The minimum absolute atomic E-state index is 0.220. The molecule has 278 valence electrons. The first-order valence-corrected chi connectivity index (χ1v) is 20.8. The molecule has 9 aromatic rings. The lowest BCUT2D eigenvalue weighted by atomic mass is 9.70. The summed E-state index contributed by atoms with van der Waals surface area (Å²) < 4.78 is 0. The van der Waals surface area contributed by atoms with Gasteiger partial charge in [0.05, 0.1) is 16.8 Å². The van der Waals surface area contributed by atoms with E-state index in [0.717, 1.165) is 5.69 Å². The molecule has 0 N–H and O–H groups in total. The Balaban J connectivity index is 1.16. The molecule has 1 nitrogen and oxygen atoms in total. The number of nitrogens with zero attached hydrogens (tertiary/aromatic N) is 1. The maximum Gasteiger partial charge on any atom is 0.0726 e. The summed E-state index contributed by atoms with van der Waals surface area (Å²) >= 11 is 0. The second-order valence-corrected chi connectivity index (χ2v) is 16.8. The Hall–Kier alpha value is -7.22. The highest BCUT2D eigenvalue weighted by Crippen LogP contribution is 2.65. The Labute approximate surface area is 346 Å². The molecule has 12 rings (SSSR count). The third-order valence-corrected chi connectivity index (χ3v) is 13.5. The molecule has 0 fully saturated rings. The third-order valence-electron chi connectivity index (χ3n) is 13.5. The molecule has 0 radical (unpaired) electrons. The van der Waals surface area contributed by atoms with Gasteiger partial charge >= 0.3 is 0 Å². The van der Waals surface area contributed by atoms with Crippen molar-refractivity contribution in [3.63, 3.8) is 0 Å². The fraction of sp³-hybridized carbons (Fsp3) is 0.0690. The number of hydrogen-bond acceptors (Lipinski definition) is 1. The molecule has 3 aliphatic carbocycles. The summed E-state index contributed by atoms with van der Waals surface area (Å²) in [5, 5.41) is 0. The predicted molar refractivity (Wildman–Crippen MR) is 246 cm³/mol. The highest BCUT2D eigenvalue weighted by Gasteiger charge is 2.52. The van der Waals surface area contributed by atoms with Gasteiger partial charge in [0, 0.05) is 22.2 Å². The van der Waals surface area contributed by atoms with E-state index in [1.54, 1.807) is 0 Å². The topological polar surface area (TPSA) is 3.24 Å². The molecular formula is C58H41N. The van der Waals surface area contributed by atoms with Crippen LogP contribution in [-0.2, 0) is 10.8 Å². The Morgan fingerprint density at radius 2 is 0.729 bits per heavy atom. The standard InChI is InChI=1S/C58H41N/c1-57(2)50-30-16-32-53(55(50)46-26-15-25-42(56(46)57)40-20-7-4-8-21-40)59(41-36-34-39(35-37-41)38-18-5-3-6-19-38)52-33-17-31-51-54(52)45-24-11-14-29-49(45)58(51)47-27-12-9-22-43(47)44-23-10-13-28-48(44)58/h3-37H,1-2H3. The molecule has 1 heteroatoms. The molecule has 1 spiro atoms. The van der Waals surface area contributed by atoms with Crippen molar-refractivity contribution in [3.8, 4) is 55.6 Å². The zero-order valence-electron chi connectivity index (χ0n) is 33.2. The van der Waals surface area contributed by atoms with Crippen LogP contribution < -0.4 is 4.90 Å². The van der Waals surface area contributed by atoms with Crippen molar-refractivity contribution in [2.24, 2.45) is 0 Å². The van der Waals surface area contributed by atoms with Gasteiger partial charge in [0.1, 0.15) is 0 Å². The zero-order valence-corrected chi connectivity index (χ0v) is 33.2. The van der Waals surface area contributed by atoms with Crippen LogP contribution >= 0.6 is 0 Å². The first-order valence-electron chi connectivity index (χ1n) is 20.8. The number of rotatable bonds is 5. The molecule has 9 aromatic carbocycles. The average molecular weight is 752 g/mol. The van der Waals surface area contributed by atoms with Crippen molar-refractivity contribution in [2.45, 2.75) is 24.7 Å². The van der Waals surface area contributed by atoms with Crippen LogP contribution in [0.3, 0.4) is 0 Å². The normalized spacial score (nSPS) is 14.2. The number of anilines is 3. The third kappa shape index (κ3) is 4.62. The number of fused-ring (bicyclic) bond motifs is 13. The van der Waals surface area contributed by atoms with Gasteiger partial charge in [0.25, 0.3) is 0 Å². The van der Waals surface area contributed by atoms with Gasteiger partial charge < -0.3 is 4.90 Å². The summed E-state index contributed by atoms with van der Waals surface area (Å²) in [4.78, 5) is 2.56. The van der Waals surface area contributed by atoms with Crippen molar-refractivity contribution >= 4 is 17.1 Å². The molecule has 0 aromatic heterocycles. The fourth-order valence-electron chi connectivity index (χ4n) is 11.1. The smallest absolute Gasteiger partial charge is 0.0726 e. The Bertz CT molecular complexity index is 3070. The molecule has 0 heterocycles. The maximum atomic E-state index is 2.56. The highest BCUT2D eigenvalue weighted by molar-refractivity contribution is 6.04. The largest absolute Gasteiger partial charge is 0.309 e. The van der Waals surface area contributed by atoms with Crippen LogP contribution in [0.4, 0.5) is 17.1 Å². The van der Waals surface area contributed by atoms with Crippen LogP contribution in [0.1, 0.15) is 47.2 Å². The van der Waals surface area contributed by atoms with Crippen molar-refractivity contribution in [1.29, 1.82) is 0 Å². The molecule has 59 heavy (non-hydrogen) atoms. The van der Waals surface area contributed by atoms with Gasteiger partial charge in [0.15, 0.2) is 0 Å². The Morgan fingerprint density at radius 1 is 0.305 bits per heavy atom. The summed E-state index contributed by atoms with van der Waals surface area (Å²) in [6.07, 6.45) is 0. The van der Waals surface area contributed by atoms with E-state index in [-0.39, 0.29) is 5.41 Å². The second-order valence-electron chi connectivity index (χ2n) is 16.8. The SMILES string of the molecule is CC1(C)c2cccc(N(c3ccc(-c4ccccc4)cc3)c3cccc4c3-c3ccccc3C43c4ccccc4-c4ccccc43)c2-c2cccc(-c3ccccc3)c21.